The molecule has 4 rings (SSSR count). The van der Waals surface area contributed by atoms with Gasteiger partial charge in [-0.25, -0.2) is 5.01 Å². The minimum Gasteiger partial charge on any atom is -0.497 e. The number of rotatable bonds is 3. The molecule has 0 atom stereocenters. The summed E-state index contributed by atoms with van der Waals surface area (Å²) in [6, 6.07) is 14.0. The van der Waals surface area contributed by atoms with Crippen LogP contribution in [-0.2, 0) is 6.42 Å². The lowest BCUT2D eigenvalue weighted by atomic mass is 9.99. The molecule has 2 aliphatic rings. The van der Waals surface area contributed by atoms with Crippen LogP contribution in [0.3, 0.4) is 0 Å². The number of fused-ring (bicyclic) bond motifs is 1. The number of hydrogen-bond donors (Lipinski definition) is 2. The Kier molecular flexibility index (Phi) is 3.63. The predicted octanol–water partition coefficient (Wildman–Crippen LogP) is 3.91. The van der Waals surface area contributed by atoms with E-state index in [0.717, 1.165) is 41.7 Å². The quantitative estimate of drug-likeness (QED) is 0.896. The van der Waals surface area contributed by atoms with Crippen LogP contribution in [0.5, 0.6) is 5.75 Å². The Morgan fingerprint density at radius 1 is 1.17 bits per heavy atom. The summed E-state index contributed by atoms with van der Waals surface area (Å²) in [5.41, 5.74) is 9.61. The van der Waals surface area contributed by atoms with Gasteiger partial charge in [0.25, 0.3) is 0 Å². The van der Waals surface area contributed by atoms with Crippen molar-refractivity contribution in [3.05, 3.63) is 64.3 Å². The summed E-state index contributed by atoms with van der Waals surface area (Å²) in [6.07, 6.45) is 0.977. The number of methoxy groups -OCH3 is 1. The lowest BCUT2D eigenvalue weighted by molar-refractivity contribution is 0.408. The molecule has 0 radical (unpaired) electrons. The lowest BCUT2D eigenvalue weighted by Crippen LogP contribution is -2.28. The molecule has 2 aromatic carbocycles. The summed E-state index contributed by atoms with van der Waals surface area (Å²) in [7, 11) is 1.68. The molecule has 5 heteroatoms. The maximum Gasteiger partial charge on any atom is 0.120 e. The smallest absolute Gasteiger partial charge is 0.120 e. The van der Waals surface area contributed by atoms with Crippen LogP contribution in [0.1, 0.15) is 5.56 Å². The molecular weight excluding hydrogens is 310 g/mol. The Balaban J connectivity index is 1.47. The van der Waals surface area contributed by atoms with Gasteiger partial charge in [0.2, 0.25) is 0 Å². The van der Waals surface area contributed by atoms with Gasteiger partial charge in [-0.05, 0) is 41.8 Å². The van der Waals surface area contributed by atoms with Gasteiger partial charge in [0.15, 0.2) is 0 Å². The molecule has 0 unspecified atom stereocenters. The van der Waals surface area contributed by atoms with E-state index in [1.807, 2.05) is 36.4 Å². The Hall–Kier alpha value is -2.17. The average Bonchev–Trinajstić information content (AvgIpc) is 2.93. The minimum absolute atomic E-state index is 0.768. The first-order valence-corrected chi connectivity index (χ1v) is 8.01. The van der Waals surface area contributed by atoms with Gasteiger partial charge in [0.05, 0.1) is 19.3 Å². The largest absolute Gasteiger partial charge is 0.497 e. The summed E-state index contributed by atoms with van der Waals surface area (Å²) >= 11 is 6.09. The number of nitrogens with one attached hydrogen (secondary N) is 2. The van der Waals surface area contributed by atoms with E-state index in [4.69, 9.17) is 16.3 Å². The van der Waals surface area contributed by atoms with Crippen LogP contribution in [0.2, 0.25) is 5.02 Å². The highest BCUT2D eigenvalue weighted by Crippen LogP contribution is 2.33. The van der Waals surface area contributed by atoms with E-state index in [0.29, 0.717) is 0 Å². The first kappa shape index (κ1) is 14.4. The molecule has 118 valence electrons. The van der Waals surface area contributed by atoms with Crippen LogP contribution < -0.4 is 15.5 Å². The second-order valence-electron chi connectivity index (χ2n) is 5.89. The maximum absolute atomic E-state index is 6.09. The zero-order valence-electron chi connectivity index (χ0n) is 12.9. The first-order chi connectivity index (χ1) is 11.2. The van der Waals surface area contributed by atoms with Gasteiger partial charge in [-0.1, -0.05) is 23.7 Å². The zero-order chi connectivity index (χ0) is 15.8. The second-order valence-corrected chi connectivity index (χ2v) is 6.32. The Bertz CT molecular complexity index is 788. The fourth-order valence-electron chi connectivity index (χ4n) is 3.14. The number of hydrazine groups is 1. The fourth-order valence-corrected chi connectivity index (χ4v) is 3.31. The number of hydrogen-bond acceptors (Lipinski definition) is 4. The number of ether oxygens (including phenoxy) is 1. The maximum atomic E-state index is 6.09. The topological polar surface area (TPSA) is 36.5 Å². The molecule has 23 heavy (non-hydrogen) atoms. The molecular formula is C18H18ClN3O. The highest BCUT2D eigenvalue weighted by atomic mass is 35.5. The molecule has 0 fully saturated rings. The molecule has 0 saturated heterocycles. The standard InChI is InChI=1S/C18H18ClN3O/c1-23-16-4-2-3-15(9-16)21-22-10-13-7-12-5-6-14(19)8-17(12)20-18(13)11-22/h2-6,8-9,20-21H,7,10-11H2,1H3. The highest BCUT2D eigenvalue weighted by molar-refractivity contribution is 6.30. The third kappa shape index (κ3) is 2.87. The monoisotopic (exact) mass is 327 g/mol. The van der Waals surface area contributed by atoms with Gasteiger partial charge < -0.3 is 15.5 Å². The van der Waals surface area contributed by atoms with E-state index in [9.17, 15) is 0 Å². The Morgan fingerprint density at radius 2 is 2.09 bits per heavy atom. The highest BCUT2D eigenvalue weighted by Gasteiger charge is 2.26. The molecule has 0 aromatic heterocycles. The molecule has 0 aliphatic carbocycles. The number of halogens is 1. The zero-order valence-corrected chi connectivity index (χ0v) is 13.7. The van der Waals surface area contributed by atoms with Gasteiger partial charge in [-0.15, -0.1) is 0 Å². The van der Waals surface area contributed by atoms with Crippen LogP contribution in [0.25, 0.3) is 0 Å². The molecule has 0 bridgehead atoms. The van der Waals surface area contributed by atoms with E-state index >= 15 is 0 Å². The van der Waals surface area contributed by atoms with E-state index in [1.54, 1.807) is 7.11 Å². The third-order valence-electron chi connectivity index (χ3n) is 4.28. The Morgan fingerprint density at radius 3 is 2.96 bits per heavy atom. The molecule has 0 amide bonds. The van der Waals surface area contributed by atoms with Crippen molar-refractivity contribution in [2.24, 2.45) is 0 Å². The molecule has 2 N–H and O–H groups in total. The molecule has 4 nitrogen and oxygen atoms in total. The van der Waals surface area contributed by atoms with Gasteiger partial charge in [-0.2, -0.15) is 0 Å². The van der Waals surface area contributed by atoms with Gasteiger partial charge in [0.1, 0.15) is 5.75 Å². The molecule has 2 aromatic rings. The fraction of sp³-hybridized carbons (Fsp3) is 0.222. The van der Waals surface area contributed by atoms with Gasteiger partial charge in [-0.3, -0.25) is 0 Å². The van der Waals surface area contributed by atoms with Crippen molar-refractivity contribution in [3.63, 3.8) is 0 Å². The summed E-state index contributed by atoms with van der Waals surface area (Å²) in [6.45, 7) is 1.75. The van der Waals surface area contributed by atoms with E-state index < -0.39 is 0 Å². The van der Waals surface area contributed by atoms with Crippen molar-refractivity contribution in [1.82, 2.24) is 5.01 Å². The SMILES string of the molecule is COc1cccc(NN2CC3=C(C2)Nc2cc(Cl)ccc2C3)c1. The summed E-state index contributed by atoms with van der Waals surface area (Å²) in [5, 5.41) is 6.50. The Labute approximate surface area is 140 Å². The van der Waals surface area contributed by atoms with E-state index in [1.165, 1.54) is 16.8 Å². The second kappa shape index (κ2) is 5.80. The number of nitrogens with zero attached hydrogens (tertiary/aromatic N) is 1. The summed E-state index contributed by atoms with van der Waals surface area (Å²) in [5.74, 6) is 0.854. The summed E-state index contributed by atoms with van der Waals surface area (Å²) < 4.78 is 5.27. The average molecular weight is 328 g/mol. The van der Waals surface area contributed by atoms with Gasteiger partial charge >= 0.3 is 0 Å². The van der Waals surface area contributed by atoms with Crippen molar-refractivity contribution in [2.45, 2.75) is 6.42 Å². The third-order valence-corrected chi connectivity index (χ3v) is 4.51. The molecule has 0 saturated carbocycles. The predicted molar refractivity (Wildman–Crippen MR) is 94.0 cm³/mol. The van der Waals surface area contributed by atoms with Crippen molar-refractivity contribution < 1.29 is 4.74 Å². The normalized spacial score (nSPS) is 16.6. The van der Waals surface area contributed by atoms with Crippen molar-refractivity contribution in [1.29, 1.82) is 0 Å². The number of benzene rings is 2. The molecule has 0 spiro atoms. The van der Waals surface area contributed by atoms with E-state index in [2.05, 4.69) is 21.8 Å². The van der Waals surface area contributed by atoms with Crippen molar-refractivity contribution in [3.8, 4) is 5.75 Å². The summed E-state index contributed by atoms with van der Waals surface area (Å²) in [4.78, 5) is 0. The number of anilines is 2. The van der Waals surface area contributed by atoms with Gasteiger partial charge in [0, 0.05) is 29.0 Å². The van der Waals surface area contributed by atoms with Crippen LogP contribution >= 0.6 is 11.6 Å². The van der Waals surface area contributed by atoms with Crippen molar-refractivity contribution >= 4 is 23.0 Å². The molecule has 2 heterocycles. The van der Waals surface area contributed by atoms with Crippen molar-refractivity contribution in [2.75, 3.05) is 30.9 Å². The van der Waals surface area contributed by atoms with Crippen LogP contribution in [-0.4, -0.2) is 25.2 Å². The lowest BCUT2D eigenvalue weighted by Gasteiger charge is -2.20. The van der Waals surface area contributed by atoms with Crippen LogP contribution in [0, 0.1) is 0 Å². The first-order valence-electron chi connectivity index (χ1n) is 7.63. The van der Waals surface area contributed by atoms with Crippen LogP contribution in [0.4, 0.5) is 11.4 Å². The minimum atomic E-state index is 0.768. The van der Waals surface area contributed by atoms with Crippen LogP contribution in [0.15, 0.2) is 53.7 Å². The van der Waals surface area contributed by atoms with E-state index in [-0.39, 0.29) is 0 Å². The molecule has 2 aliphatic heterocycles.